The van der Waals surface area contributed by atoms with Gasteiger partial charge >= 0.3 is 5.97 Å². The number of methoxy groups -OCH3 is 1. The van der Waals surface area contributed by atoms with Gasteiger partial charge in [0.2, 0.25) is 0 Å². The topological polar surface area (TPSA) is 51.2 Å². The zero-order valence-corrected chi connectivity index (χ0v) is 14.1. The van der Waals surface area contributed by atoms with E-state index in [1.54, 1.807) is 22.7 Å². The summed E-state index contributed by atoms with van der Waals surface area (Å²) in [6.07, 6.45) is 1.000. The number of anilines is 1. The summed E-state index contributed by atoms with van der Waals surface area (Å²) in [4.78, 5) is 17.0. The van der Waals surface area contributed by atoms with E-state index in [-0.39, 0.29) is 11.4 Å². The normalized spacial score (nSPS) is 11.4. The van der Waals surface area contributed by atoms with Crippen molar-refractivity contribution in [3.8, 4) is 0 Å². The van der Waals surface area contributed by atoms with Crippen LogP contribution in [0, 0.1) is 0 Å². The van der Waals surface area contributed by atoms with Gasteiger partial charge in [0, 0.05) is 28.6 Å². The summed E-state index contributed by atoms with van der Waals surface area (Å²) in [7, 11) is 1.41. The molecule has 0 unspecified atom stereocenters. The van der Waals surface area contributed by atoms with Crippen LogP contribution in [0.4, 0.5) is 5.13 Å². The summed E-state index contributed by atoms with van der Waals surface area (Å²) in [5.41, 5.74) is 1.01. The van der Waals surface area contributed by atoms with Gasteiger partial charge in [-0.3, -0.25) is 4.79 Å². The molecule has 4 nitrogen and oxygen atoms in total. The molecule has 21 heavy (non-hydrogen) atoms. The van der Waals surface area contributed by atoms with Crippen molar-refractivity contribution < 1.29 is 9.53 Å². The predicted octanol–water partition coefficient (Wildman–Crippen LogP) is 3.70. The Morgan fingerprint density at radius 1 is 1.43 bits per heavy atom. The van der Waals surface area contributed by atoms with Crippen molar-refractivity contribution in [1.82, 2.24) is 4.98 Å². The Morgan fingerprint density at radius 2 is 2.24 bits per heavy atom. The minimum Gasteiger partial charge on any atom is -0.469 e. The molecule has 114 valence electrons. The van der Waals surface area contributed by atoms with Crippen LogP contribution in [-0.4, -0.2) is 24.6 Å². The molecule has 2 aromatic heterocycles. The molecule has 2 heterocycles. The van der Waals surface area contributed by atoms with Crippen LogP contribution in [0.25, 0.3) is 0 Å². The maximum Gasteiger partial charge on any atom is 0.305 e. The van der Waals surface area contributed by atoms with Gasteiger partial charge in [-0.2, -0.15) is 0 Å². The smallest absolute Gasteiger partial charge is 0.305 e. The fraction of sp³-hybridized carbons (Fsp3) is 0.467. The first-order valence-corrected chi connectivity index (χ1v) is 8.56. The van der Waals surface area contributed by atoms with Crippen molar-refractivity contribution in [2.75, 3.05) is 19.0 Å². The van der Waals surface area contributed by atoms with Crippen molar-refractivity contribution in [3.63, 3.8) is 0 Å². The number of carbonyl (C=O) groups is 1. The second-order valence-electron chi connectivity index (χ2n) is 5.43. The highest BCUT2D eigenvalue weighted by Crippen LogP contribution is 2.28. The van der Waals surface area contributed by atoms with Crippen molar-refractivity contribution in [2.45, 2.75) is 32.1 Å². The van der Waals surface area contributed by atoms with E-state index in [9.17, 15) is 4.79 Å². The summed E-state index contributed by atoms with van der Waals surface area (Å²) in [5, 5.41) is 8.39. The summed E-state index contributed by atoms with van der Waals surface area (Å²) in [6.45, 7) is 5.27. The zero-order valence-electron chi connectivity index (χ0n) is 12.5. The number of hydrogen-bond donors (Lipinski definition) is 1. The molecule has 0 aliphatic heterocycles. The average molecular weight is 324 g/mol. The second kappa shape index (κ2) is 7.04. The molecule has 1 N–H and O–H groups in total. The third kappa shape index (κ3) is 4.54. The van der Waals surface area contributed by atoms with Gasteiger partial charge in [-0.25, -0.2) is 4.98 Å². The van der Waals surface area contributed by atoms with Crippen LogP contribution in [0.2, 0.25) is 0 Å². The van der Waals surface area contributed by atoms with Gasteiger partial charge in [0.1, 0.15) is 0 Å². The van der Waals surface area contributed by atoms with Crippen LogP contribution >= 0.6 is 22.7 Å². The number of aromatic nitrogens is 1. The van der Waals surface area contributed by atoms with Crippen LogP contribution < -0.4 is 5.32 Å². The molecule has 0 radical (unpaired) electrons. The fourth-order valence-corrected chi connectivity index (χ4v) is 3.48. The highest BCUT2D eigenvalue weighted by Gasteiger charge is 2.21. The highest BCUT2D eigenvalue weighted by atomic mass is 32.1. The van der Waals surface area contributed by atoms with Gasteiger partial charge in [-0.15, -0.1) is 22.7 Å². The van der Waals surface area contributed by atoms with E-state index in [2.05, 4.69) is 46.4 Å². The number of nitrogens with zero attached hydrogens (tertiary/aromatic N) is 1. The van der Waals surface area contributed by atoms with E-state index in [1.807, 2.05) is 5.38 Å². The van der Waals surface area contributed by atoms with Crippen LogP contribution in [-0.2, 0) is 21.4 Å². The molecule has 0 saturated carbocycles. The Labute approximate surface area is 133 Å². The van der Waals surface area contributed by atoms with Gasteiger partial charge < -0.3 is 10.1 Å². The monoisotopic (exact) mass is 324 g/mol. The highest BCUT2D eigenvalue weighted by molar-refractivity contribution is 7.13. The molecule has 0 fully saturated rings. The minimum absolute atomic E-state index is 0.0754. The lowest BCUT2D eigenvalue weighted by atomic mass is 9.91. The maximum atomic E-state index is 11.1. The van der Waals surface area contributed by atoms with Crippen LogP contribution in [0.1, 0.15) is 30.8 Å². The number of aryl methyl sites for hydroxylation is 1. The number of rotatable bonds is 7. The standard InChI is InChI=1S/C15H20N2O2S2/c1-15(2,12-5-4-8-20-12)10-16-14-17-11(9-21-14)6-7-13(18)19-3/h4-5,8-9H,6-7,10H2,1-3H3,(H,16,17). The number of thiophene rings is 1. The zero-order chi connectivity index (χ0) is 15.3. The largest absolute Gasteiger partial charge is 0.469 e. The molecule has 6 heteroatoms. The quantitative estimate of drug-likeness (QED) is 0.789. The van der Waals surface area contributed by atoms with E-state index < -0.39 is 0 Å². The number of thiazole rings is 1. The molecule has 0 amide bonds. The molecular weight excluding hydrogens is 304 g/mol. The lowest BCUT2D eigenvalue weighted by molar-refractivity contribution is -0.140. The number of carbonyl (C=O) groups excluding carboxylic acids is 1. The van der Waals surface area contributed by atoms with Gasteiger partial charge in [-0.05, 0) is 11.4 Å². The number of esters is 1. The van der Waals surface area contributed by atoms with Crippen LogP contribution in [0.15, 0.2) is 22.9 Å². The minimum atomic E-state index is -0.198. The van der Waals surface area contributed by atoms with Gasteiger partial charge in [0.25, 0.3) is 0 Å². The molecule has 2 rings (SSSR count). The Balaban J connectivity index is 1.87. The maximum absolute atomic E-state index is 11.1. The molecule has 0 saturated heterocycles. The van der Waals surface area contributed by atoms with Crippen molar-refractivity contribution in [2.24, 2.45) is 0 Å². The van der Waals surface area contributed by atoms with Crippen LogP contribution in [0.5, 0.6) is 0 Å². The number of nitrogens with one attached hydrogen (secondary N) is 1. The van der Waals surface area contributed by atoms with Gasteiger partial charge in [-0.1, -0.05) is 19.9 Å². The molecule has 0 atom stereocenters. The first kappa shape index (κ1) is 16.0. The summed E-state index contributed by atoms with van der Waals surface area (Å²) in [5.74, 6) is -0.198. The van der Waals surface area contributed by atoms with Gasteiger partial charge in [0.05, 0.1) is 19.2 Å². The third-order valence-corrected chi connectivity index (χ3v) is 5.32. The molecule has 0 aliphatic carbocycles. The molecule has 0 aliphatic rings. The van der Waals surface area contributed by atoms with Gasteiger partial charge in [0.15, 0.2) is 5.13 Å². The van der Waals surface area contributed by atoms with E-state index in [0.29, 0.717) is 12.8 Å². The van der Waals surface area contributed by atoms with E-state index in [1.165, 1.54) is 12.0 Å². The summed E-state index contributed by atoms with van der Waals surface area (Å²) in [6, 6.07) is 4.24. The van der Waals surface area contributed by atoms with Crippen LogP contribution in [0.3, 0.4) is 0 Å². The molecule has 0 spiro atoms. The lowest BCUT2D eigenvalue weighted by Crippen LogP contribution is -2.26. The number of hydrogen-bond acceptors (Lipinski definition) is 6. The molecule has 2 aromatic rings. The molecule has 0 bridgehead atoms. The SMILES string of the molecule is COC(=O)CCc1csc(NCC(C)(C)c2cccs2)n1. The average Bonchev–Trinajstić information content (AvgIpc) is 3.14. The Morgan fingerprint density at radius 3 is 2.90 bits per heavy atom. The summed E-state index contributed by atoms with van der Waals surface area (Å²) >= 11 is 3.35. The van der Waals surface area contributed by atoms with E-state index in [4.69, 9.17) is 0 Å². The molecule has 0 aromatic carbocycles. The van der Waals surface area contributed by atoms with Crippen molar-refractivity contribution >= 4 is 33.8 Å². The fourth-order valence-electron chi connectivity index (χ4n) is 1.88. The first-order valence-electron chi connectivity index (χ1n) is 6.80. The van der Waals surface area contributed by atoms with E-state index >= 15 is 0 Å². The third-order valence-electron chi connectivity index (χ3n) is 3.23. The van der Waals surface area contributed by atoms with E-state index in [0.717, 1.165) is 17.4 Å². The van der Waals surface area contributed by atoms with Crippen molar-refractivity contribution in [3.05, 3.63) is 33.5 Å². The number of ether oxygens (including phenoxy) is 1. The Kier molecular flexibility index (Phi) is 5.36. The summed E-state index contributed by atoms with van der Waals surface area (Å²) < 4.78 is 4.63. The lowest BCUT2D eigenvalue weighted by Gasteiger charge is -2.23. The Bertz CT molecular complexity index is 576. The van der Waals surface area contributed by atoms with Crippen molar-refractivity contribution in [1.29, 1.82) is 0 Å². The second-order valence-corrected chi connectivity index (χ2v) is 7.24. The predicted molar refractivity (Wildman–Crippen MR) is 88.3 cm³/mol. The Hall–Kier alpha value is -1.40. The molecular formula is C15H20N2O2S2. The first-order chi connectivity index (χ1) is 10.0.